The molecule has 0 bridgehead atoms. The van der Waals surface area contributed by atoms with Crippen molar-refractivity contribution in [2.24, 2.45) is 5.92 Å². The van der Waals surface area contributed by atoms with Gasteiger partial charge in [-0.2, -0.15) is 35.1 Å². The molecule has 2 atom stereocenters. The van der Waals surface area contributed by atoms with Crippen LogP contribution < -0.4 is 0 Å². The monoisotopic (exact) mass is 350 g/mol. The minimum absolute atomic E-state index is 0.217. The maximum Gasteiger partial charge on any atom is 0.392 e. The van der Waals surface area contributed by atoms with Gasteiger partial charge in [0.25, 0.3) is 0 Å². The molecule has 1 rings (SSSR count). The molecule has 0 saturated carbocycles. The van der Waals surface area contributed by atoms with Gasteiger partial charge in [-0.05, 0) is 24.9 Å². The van der Waals surface area contributed by atoms with Gasteiger partial charge in [-0.15, -0.1) is 0 Å². The molecule has 0 amide bonds. The van der Waals surface area contributed by atoms with Crippen molar-refractivity contribution in [1.82, 2.24) is 0 Å². The van der Waals surface area contributed by atoms with E-state index in [4.69, 9.17) is 0 Å². The molecule has 0 aromatic carbocycles. The minimum Gasteiger partial charge on any atom is -0.352 e. The summed E-state index contributed by atoms with van der Waals surface area (Å²) in [5.41, 5.74) is 0. The van der Waals surface area contributed by atoms with Crippen molar-refractivity contribution < 1.29 is 44.6 Å². The van der Waals surface area contributed by atoms with Crippen LogP contribution >= 0.6 is 11.6 Å². The average molecular weight is 351 g/mol. The molecule has 0 aromatic rings. The van der Waals surface area contributed by atoms with E-state index in [2.05, 4.69) is 21.1 Å². The van der Waals surface area contributed by atoms with Crippen LogP contribution in [-0.2, 0) is 9.47 Å². The third-order valence-corrected chi connectivity index (χ3v) is 3.24. The first-order valence-electron chi connectivity index (χ1n) is 5.74. The fraction of sp³-hybridized carbons (Fsp3) is 1.00. The second kappa shape index (κ2) is 5.69. The summed E-state index contributed by atoms with van der Waals surface area (Å²) in [4.78, 5) is 0. The molecule has 1 fully saturated rings. The van der Waals surface area contributed by atoms with Crippen molar-refractivity contribution in [2.45, 2.75) is 42.8 Å². The van der Waals surface area contributed by atoms with Crippen LogP contribution in [0, 0.1) is 5.92 Å². The molecule has 0 aliphatic carbocycles. The molecule has 126 valence electrons. The molecule has 0 radical (unpaired) electrons. The van der Waals surface area contributed by atoms with Gasteiger partial charge in [0.15, 0.2) is 6.29 Å². The summed E-state index contributed by atoms with van der Waals surface area (Å²) in [5.74, 6) is -20.9. The van der Waals surface area contributed by atoms with Crippen LogP contribution in [0.4, 0.5) is 35.1 Å². The van der Waals surface area contributed by atoms with Crippen LogP contribution in [0.2, 0.25) is 0 Å². The van der Waals surface area contributed by atoms with Crippen LogP contribution in [0.3, 0.4) is 0 Å². The van der Waals surface area contributed by atoms with E-state index in [-0.39, 0.29) is 6.61 Å². The van der Waals surface area contributed by atoms with Gasteiger partial charge in [0.2, 0.25) is 0 Å². The van der Waals surface area contributed by atoms with E-state index >= 15 is 0 Å². The second-order valence-electron chi connectivity index (χ2n) is 4.36. The van der Waals surface area contributed by atoms with E-state index in [0.29, 0.717) is 0 Å². The van der Waals surface area contributed by atoms with Crippen LogP contribution in [0.5, 0.6) is 0 Å². The van der Waals surface area contributed by atoms with E-state index < -0.39 is 48.4 Å². The lowest BCUT2D eigenvalue weighted by molar-refractivity contribution is -0.367. The second-order valence-corrected chi connectivity index (χ2v) is 4.83. The summed E-state index contributed by atoms with van der Waals surface area (Å²) in [6.45, 7) is 0.658. The highest BCUT2D eigenvalue weighted by atomic mass is 35.5. The van der Waals surface area contributed by atoms with Crippen molar-refractivity contribution in [3.05, 3.63) is 0 Å². The van der Waals surface area contributed by atoms with Crippen molar-refractivity contribution in [2.75, 3.05) is 13.2 Å². The van der Waals surface area contributed by atoms with Gasteiger partial charge in [-0.25, -0.2) is 0 Å². The fourth-order valence-electron chi connectivity index (χ4n) is 1.86. The van der Waals surface area contributed by atoms with Gasteiger partial charge in [-0.1, -0.05) is 0 Å². The van der Waals surface area contributed by atoms with Crippen LogP contribution in [0.15, 0.2) is 0 Å². The topological polar surface area (TPSA) is 18.5 Å². The number of rotatable bonds is 6. The number of halogens is 9. The zero-order chi connectivity index (χ0) is 16.7. The molecule has 1 aliphatic rings. The summed E-state index contributed by atoms with van der Waals surface area (Å²) in [6.07, 6.45) is -2.65. The summed E-state index contributed by atoms with van der Waals surface area (Å²) in [6, 6.07) is 0. The number of ether oxygens (including phenoxy) is 2. The Hall–Kier alpha value is -0.350. The van der Waals surface area contributed by atoms with E-state index in [0.717, 1.165) is 0 Å². The van der Waals surface area contributed by atoms with Crippen molar-refractivity contribution in [3.8, 4) is 0 Å². The average Bonchev–Trinajstić information content (AvgIpc) is 2.76. The first kappa shape index (κ1) is 18.7. The summed E-state index contributed by atoms with van der Waals surface area (Å²) < 4.78 is 114. The molecule has 2 unspecified atom stereocenters. The Morgan fingerprint density at radius 2 is 1.57 bits per heavy atom. The normalized spacial score (nSPS) is 25.4. The maximum absolute atomic E-state index is 13.7. The highest BCUT2D eigenvalue weighted by Gasteiger charge is 2.82. The molecule has 0 aromatic heterocycles. The molecule has 21 heavy (non-hydrogen) atoms. The van der Waals surface area contributed by atoms with E-state index in [1.54, 1.807) is 0 Å². The van der Waals surface area contributed by atoms with Crippen LogP contribution in [0.25, 0.3) is 0 Å². The standard InChI is InChI=1S/C10H11ClF8O2/c1-2-20-6-5(3-4-21-6)7(12,13)8(14,15)9(16,17)10(11,18)19/h5-6H,2-4H2,1H3. The van der Waals surface area contributed by atoms with Crippen molar-refractivity contribution in [3.63, 3.8) is 0 Å². The molecular weight excluding hydrogens is 340 g/mol. The van der Waals surface area contributed by atoms with Gasteiger partial charge < -0.3 is 9.47 Å². The summed E-state index contributed by atoms with van der Waals surface area (Å²) in [5, 5.41) is -5.85. The first-order chi connectivity index (χ1) is 9.30. The van der Waals surface area contributed by atoms with Crippen LogP contribution in [0.1, 0.15) is 13.3 Å². The zero-order valence-corrected chi connectivity index (χ0v) is 11.3. The molecular formula is C10H11ClF8O2. The SMILES string of the molecule is CCOC1OCCC1C(F)(F)C(F)(F)C(F)(F)C(F)(F)Cl. The van der Waals surface area contributed by atoms with Gasteiger partial charge in [0.05, 0.1) is 12.5 Å². The lowest BCUT2D eigenvalue weighted by atomic mass is 9.90. The predicted octanol–water partition coefficient (Wildman–Crippen LogP) is 4.12. The summed E-state index contributed by atoms with van der Waals surface area (Å²) in [7, 11) is 0. The lowest BCUT2D eigenvalue weighted by Crippen LogP contribution is -2.63. The Labute approximate surface area is 119 Å². The third kappa shape index (κ3) is 2.94. The Balaban J connectivity index is 3.15. The Kier molecular flexibility index (Phi) is 5.07. The third-order valence-electron chi connectivity index (χ3n) is 3.01. The number of hydrogen-bond donors (Lipinski definition) is 0. The van der Waals surface area contributed by atoms with Gasteiger partial charge in [0.1, 0.15) is 0 Å². The quantitative estimate of drug-likeness (QED) is 0.530. The van der Waals surface area contributed by atoms with Crippen molar-refractivity contribution in [1.29, 1.82) is 0 Å². The van der Waals surface area contributed by atoms with Gasteiger partial charge in [0, 0.05) is 6.61 Å². The highest BCUT2D eigenvalue weighted by molar-refractivity contribution is 6.22. The summed E-state index contributed by atoms with van der Waals surface area (Å²) >= 11 is 3.86. The van der Waals surface area contributed by atoms with E-state index in [1.807, 2.05) is 0 Å². The molecule has 2 nitrogen and oxygen atoms in total. The van der Waals surface area contributed by atoms with Gasteiger partial charge >= 0.3 is 23.1 Å². The Bertz CT molecular complexity index is 371. The van der Waals surface area contributed by atoms with Crippen molar-refractivity contribution >= 4 is 11.6 Å². The fourth-order valence-corrected chi connectivity index (χ4v) is 1.98. The molecule has 0 spiro atoms. The first-order valence-corrected chi connectivity index (χ1v) is 6.11. The van der Waals surface area contributed by atoms with E-state index in [9.17, 15) is 35.1 Å². The molecule has 1 heterocycles. The number of alkyl halides is 9. The van der Waals surface area contributed by atoms with Crippen LogP contribution in [-0.4, -0.2) is 42.7 Å². The predicted molar refractivity (Wildman–Crippen MR) is 55.1 cm³/mol. The minimum atomic E-state index is -6.45. The lowest BCUT2D eigenvalue weighted by Gasteiger charge is -2.38. The Morgan fingerprint density at radius 3 is 2.00 bits per heavy atom. The van der Waals surface area contributed by atoms with E-state index in [1.165, 1.54) is 6.92 Å². The number of hydrogen-bond acceptors (Lipinski definition) is 2. The van der Waals surface area contributed by atoms with Gasteiger partial charge in [-0.3, -0.25) is 0 Å². The zero-order valence-electron chi connectivity index (χ0n) is 10.5. The molecule has 1 aliphatic heterocycles. The molecule has 1 saturated heterocycles. The molecule has 11 heteroatoms. The largest absolute Gasteiger partial charge is 0.392 e. The highest BCUT2D eigenvalue weighted by Crippen LogP contribution is 2.57. The Morgan fingerprint density at radius 1 is 1.05 bits per heavy atom. The maximum atomic E-state index is 13.7. The smallest absolute Gasteiger partial charge is 0.352 e. The molecule has 0 N–H and O–H groups in total.